The van der Waals surface area contributed by atoms with Gasteiger partial charge >= 0.3 is 0 Å². The van der Waals surface area contributed by atoms with Crippen molar-refractivity contribution in [3.63, 3.8) is 0 Å². The summed E-state index contributed by atoms with van der Waals surface area (Å²) in [5.41, 5.74) is 0. The van der Waals surface area contributed by atoms with Crippen LogP contribution in [0.2, 0.25) is 0 Å². The van der Waals surface area contributed by atoms with E-state index in [9.17, 15) is 8.42 Å². The average Bonchev–Trinajstić information content (AvgIpc) is 2.55. The van der Waals surface area contributed by atoms with Crippen molar-refractivity contribution in [3.05, 3.63) is 34.2 Å². The van der Waals surface area contributed by atoms with Crippen LogP contribution < -0.4 is 0 Å². The van der Waals surface area contributed by atoms with Gasteiger partial charge in [0.25, 0.3) is 0 Å². The quantitative estimate of drug-likeness (QED) is 0.776. The van der Waals surface area contributed by atoms with E-state index in [0.29, 0.717) is 29.4 Å². The van der Waals surface area contributed by atoms with E-state index in [2.05, 4.69) is 0 Å². The smallest absolute Gasteiger partial charge is 0.207 e. The molecule has 0 aromatic carbocycles. The molecule has 0 saturated carbocycles. The molecule has 1 saturated heterocycles. The van der Waals surface area contributed by atoms with Crippen molar-refractivity contribution in [2.45, 2.75) is 25.7 Å². The van der Waals surface area contributed by atoms with E-state index in [1.165, 1.54) is 0 Å². The fourth-order valence-corrected chi connectivity index (χ4v) is 3.71. The molecule has 0 amide bonds. The van der Waals surface area contributed by atoms with Gasteiger partial charge in [0, 0.05) is 24.5 Å². The number of hydrogen-bond acceptors (Lipinski definition) is 2. The van der Waals surface area contributed by atoms with E-state index in [4.69, 9.17) is 11.6 Å². The molecule has 1 aliphatic heterocycles. The second kappa shape index (κ2) is 5.38. The van der Waals surface area contributed by atoms with Gasteiger partial charge in [-0.2, -0.15) is 4.31 Å². The minimum absolute atomic E-state index is 0.343. The Balaban J connectivity index is 2.25. The van der Waals surface area contributed by atoms with Gasteiger partial charge in [0.05, 0.1) is 4.91 Å². The summed E-state index contributed by atoms with van der Waals surface area (Å²) in [6.07, 6.45) is 10.3. The summed E-state index contributed by atoms with van der Waals surface area (Å²) in [7, 11) is -3.33. The summed E-state index contributed by atoms with van der Waals surface area (Å²) in [4.78, 5) is 0.343. The number of hydrogen-bond donors (Lipinski definition) is 0. The molecular formula is C12H16ClNO2S. The summed E-state index contributed by atoms with van der Waals surface area (Å²) in [5, 5.41) is 0.657. The van der Waals surface area contributed by atoms with Crippen LogP contribution in [0, 0.1) is 0 Å². The van der Waals surface area contributed by atoms with Crippen LogP contribution in [-0.2, 0) is 10.0 Å². The van der Waals surface area contributed by atoms with E-state index in [1.54, 1.807) is 28.6 Å². The third-order valence-corrected chi connectivity index (χ3v) is 5.17. The van der Waals surface area contributed by atoms with Gasteiger partial charge in [-0.15, -0.1) is 0 Å². The summed E-state index contributed by atoms with van der Waals surface area (Å²) in [5.74, 6) is 0. The molecule has 0 spiro atoms. The van der Waals surface area contributed by atoms with Gasteiger partial charge in [0.15, 0.2) is 0 Å². The Morgan fingerprint density at radius 1 is 1.12 bits per heavy atom. The maximum absolute atomic E-state index is 12.3. The molecular weight excluding hydrogens is 258 g/mol. The topological polar surface area (TPSA) is 37.4 Å². The molecule has 0 aromatic rings. The van der Waals surface area contributed by atoms with Crippen LogP contribution >= 0.6 is 11.6 Å². The van der Waals surface area contributed by atoms with Crippen LogP contribution in [0.3, 0.4) is 0 Å². The first-order valence-corrected chi connectivity index (χ1v) is 7.65. The molecule has 1 heterocycles. The molecule has 0 N–H and O–H groups in total. The van der Waals surface area contributed by atoms with Crippen LogP contribution in [-0.4, -0.2) is 25.8 Å². The van der Waals surface area contributed by atoms with Crippen molar-refractivity contribution in [1.29, 1.82) is 0 Å². The van der Waals surface area contributed by atoms with Gasteiger partial charge < -0.3 is 0 Å². The van der Waals surface area contributed by atoms with Gasteiger partial charge in [-0.1, -0.05) is 24.1 Å². The number of rotatable bonds is 2. The highest BCUT2D eigenvalue weighted by atomic mass is 35.5. The standard InChI is InChI=1S/C12H16ClNO2S/c13-11-5-4-6-12(8-7-11)17(15,16)14-9-2-1-3-10-14/h4,6-8H,1-3,5,9-10H2. The van der Waals surface area contributed by atoms with Crippen molar-refractivity contribution in [2.24, 2.45) is 0 Å². The molecule has 2 rings (SSSR count). The first kappa shape index (κ1) is 12.9. The van der Waals surface area contributed by atoms with Crippen molar-refractivity contribution in [3.8, 4) is 0 Å². The molecule has 3 nitrogen and oxygen atoms in total. The van der Waals surface area contributed by atoms with E-state index in [1.807, 2.05) is 0 Å². The predicted molar refractivity (Wildman–Crippen MR) is 70.1 cm³/mol. The molecule has 1 fully saturated rings. The molecule has 17 heavy (non-hydrogen) atoms. The number of halogens is 1. The van der Waals surface area contributed by atoms with Gasteiger partial charge in [-0.25, -0.2) is 8.42 Å². The van der Waals surface area contributed by atoms with Crippen molar-refractivity contribution >= 4 is 21.6 Å². The molecule has 0 unspecified atom stereocenters. The highest BCUT2D eigenvalue weighted by Crippen LogP contribution is 2.23. The van der Waals surface area contributed by atoms with Crippen LogP contribution in [0.25, 0.3) is 0 Å². The van der Waals surface area contributed by atoms with Crippen molar-refractivity contribution in [1.82, 2.24) is 4.31 Å². The summed E-state index contributed by atoms with van der Waals surface area (Å²) < 4.78 is 26.2. The van der Waals surface area contributed by atoms with Gasteiger partial charge in [-0.05, 0) is 31.1 Å². The SMILES string of the molecule is O=S(=O)(C1=CC=C(Cl)CC=C1)N1CCCCC1. The van der Waals surface area contributed by atoms with Crippen LogP contribution in [0.5, 0.6) is 0 Å². The molecule has 5 heteroatoms. The van der Waals surface area contributed by atoms with Crippen molar-refractivity contribution in [2.75, 3.05) is 13.1 Å². The Morgan fingerprint density at radius 2 is 1.82 bits per heavy atom. The minimum atomic E-state index is -3.33. The number of piperidine rings is 1. The Bertz CT molecular complexity index is 471. The second-order valence-corrected chi connectivity index (χ2v) is 6.68. The highest BCUT2D eigenvalue weighted by Gasteiger charge is 2.26. The van der Waals surface area contributed by atoms with E-state index >= 15 is 0 Å². The molecule has 1 aliphatic carbocycles. The average molecular weight is 274 g/mol. The van der Waals surface area contributed by atoms with Crippen LogP contribution in [0.15, 0.2) is 34.2 Å². The second-order valence-electron chi connectivity index (χ2n) is 4.25. The summed E-state index contributed by atoms with van der Waals surface area (Å²) in [6.45, 7) is 1.26. The number of nitrogens with zero attached hydrogens (tertiary/aromatic N) is 1. The third kappa shape index (κ3) is 3.00. The van der Waals surface area contributed by atoms with Crippen molar-refractivity contribution < 1.29 is 8.42 Å². The molecule has 0 radical (unpaired) electrons. The zero-order chi connectivity index (χ0) is 12.3. The lowest BCUT2D eigenvalue weighted by molar-refractivity contribution is 0.350. The Kier molecular flexibility index (Phi) is 4.07. The maximum Gasteiger partial charge on any atom is 0.243 e. The van der Waals surface area contributed by atoms with Gasteiger partial charge in [-0.3, -0.25) is 0 Å². The zero-order valence-electron chi connectivity index (χ0n) is 9.60. The largest absolute Gasteiger partial charge is 0.243 e. The maximum atomic E-state index is 12.3. The monoisotopic (exact) mass is 273 g/mol. The molecule has 0 bridgehead atoms. The Hall–Kier alpha value is -0.580. The lowest BCUT2D eigenvalue weighted by Gasteiger charge is -2.26. The fraction of sp³-hybridized carbons (Fsp3) is 0.500. The third-order valence-electron chi connectivity index (χ3n) is 2.98. The van der Waals surface area contributed by atoms with E-state index < -0.39 is 10.0 Å². The highest BCUT2D eigenvalue weighted by molar-refractivity contribution is 7.93. The Morgan fingerprint density at radius 3 is 2.53 bits per heavy atom. The lowest BCUT2D eigenvalue weighted by atomic mass is 10.2. The van der Waals surface area contributed by atoms with Gasteiger partial charge in [0.2, 0.25) is 10.0 Å². The Labute approximate surface area is 107 Å². The van der Waals surface area contributed by atoms with Gasteiger partial charge in [0.1, 0.15) is 0 Å². The predicted octanol–water partition coefficient (Wildman–Crippen LogP) is 2.77. The minimum Gasteiger partial charge on any atom is -0.207 e. The van der Waals surface area contributed by atoms with E-state index in [-0.39, 0.29) is 0 Å². The lowest BCUT2D eigenvalue weighted by Crippen LogP contribution is -2.36. The first-order valence-electron chi connectivity index (χ1n) is 5.84. The normalized spacial score (nSPS) is 22.9. The summed E-state index contributed by atoms with van der Waals surface area (Å²) in [6, 6.07) is 0. The first-order chi connectivity index (χ1) is 8.10. The molecule has 0 aromatic heterocycles. The van der Waals surface area contributed by atoms with E-state index in [0.717, 1.165) is 19.3 Å². The molecule has 2 aliphatic rings. The molecule has 0 atom stereocenters. The number of sulfonamides is 1. The summed E-state index contributed by atoms with van der Waals surface area (Å²) >= 11 is 5.88. The number of allylic oxidation sites excluding steroid dienone is 5. The van der Waals surface area contributed by atoms with Crippen LogP contribution in [0.4, 0.5) is 0 Å². The zero-order valence-corrected chi connectivity index (χ0v) is 11.2. The van der Waals surface area contributed by atoms with Crippen LogP contribution in [0.1, 0.15) is 25.7 Å². The fourth-order valence-electron chi connectivity index (χ4n) is 2.01. The molecule has 94 valence electrons.